The molecule has 0 heterocycles. The van der Waals surface area contributed by atoms with Gasteiger partial charge in [0.1, 0.15) is 0 Å². The highest BCUT2D eigenvalue weighted by Crippen LogP contribution is 2.15. The monoisotopic (exact) mass is 406 g/mol. The van der Waals surface area contributed by atoms with Gasteiger partial charge >= 0.3 is 0 Å². The summed E-state index contributed by atoms with van der Waals surface area (Å²) in [4.78, 5) is 0. The molecule has 0 aromatic heterocycles. The van der Waals surface area contributed by atoms with Gasteiger partial charge in [-0.2, -0.15) is 0 Å². The van der Waals surface area contributed by atoms with Gasteiger partial charge in [0.15, 0.2) is 0 Å². The number of rotatable bonds is 5. The van der Waals surface area contributed by atoms with Crippen molar-refractivity contribution in [3.8, 4) is 0 Å². The van der Waals surface area contributed by atoms with Crippen LogP contribution in [0.15, 0.2) is 72.8 Å². The molecule has 0 N–H and O–H groups in total. The lowest BCUT2D eigenvalue weighted by Crippen LogP contribution is -2.69. The summed E-state index contributed by atoms with van der Waals surface area (Å²) in [5.74, 6) is 0. The van der Waals surface area contributed by atoms with Crippen LogP contribution in [-0.2, 0) is 4.43 Å². The molecule has 0 aliphatic heterocycles. The first-order valence-electron chi connectivity index (χ1n) is 7.98. The maximum Gasteiger partial charge on any atom is 0.288 e. The second-order valence-corrected chi connectivity index (χ2v) is 10.3. The number of hydrogen-bond acceptors (Lipinski definition) is 1. The molecule has 0 fully saturated rings. The average Bonchev–Trinajstić information content (AvgIpc) is 2.62. The van der Waals surface area contributed by atoms with Crippen LogP contribution in [0.4, 0.5) is 0 Å². The molecular formula is C20H17Cl3OSi. The van der Waals surface area contributed by atoms with Crippen LogP contribution in [-0.4, -0.2) is 14.9 Å². The van der Waals surface area contributed by atoms with Gasteiger partial charge in [-0.25, -0.2) is 0 Å². The van der Waals surface area contributed by atoms with Crippen molar-refractivity contribution in [2.24, 2.45) is 0 Å². The molecule has 0 saturated carbocycles. The van der Waals surface area contributed by atoms with E-state index in [9.17, 15) is 0 Å². The molecule has 3 aromatic rings. The van der Waals surface area contributed by atoms with Gasteiger partial charge in [0.2, 0.25) is 0 Å². The van der Waals surface area contributed by atoms with E-state index in [2.05, 4.69) is 0 Å². The van der Waals surface area contributed by atoms with E-state index in [0.717, 1.165) is 15.6 Å². The van der Waals surface area contributed by atoms with Gasteiger partial charge in [-0.3, -0.25) is 0 Å². The zero-order chi connectivity index (χ0) is 17.9. The molecule has 0 atom stereocenters. The highest BCUT2D eigenvalue weighted by molar-refractivity contribution is 7.07. The van der Waals surface area contributed by atoms with Gasteiger partial charge in [-0.1, -0.05) is 71.2 Å². The third kappa shape index (κ3) is 3.79. The maximum atomic E-state index is 6.52. The van der Waals surface area contributed by atoms with E-state index in [4.69, 9.17) is 39.2 Å². The SMILES string of the molecule is CCO[Si](c1ccc(Cl)cc1)(c1ccc(Cl)cc1)c1ccc(Cl)cc1. The van der Waals surface area contributed by atoms with Crippen LogP contribution in [0.25, 0.3) is 0 Å². The molecule has 1 nitrogen and oxygen atoms in total. The molecule has 3 rings (SSSR count). The minimum atomic E-state index is -2.67. The highest BCUT2D eigenvalue weighted by atomic mass is 35.5. The van der Waals surface area contributed by atoms with Gasteiger partial charge in [-0.15, -0.1) is 0 Å². The van der Waals surface area contributed by atoms with E-state index in [1.54, 1.807) is 0 Å². The summed E-state index contributed by atoms with van der Waals surface area (Å²) in [6, 6.07) is 23.7. The fourth-order valence-corrected chi connectivity index (χ4v) is 7.24. The maximum absolute atomic E-state index is 6.52. The Labute approximate surface area is 164 Å². The minimum absolute atomic E-state index is 0.597. The van der Waals surface area contributed by atoms with Gasteiger partial charge in [0.25, 0.3) is 8.32 Å². The molecule has 0 bridgehead atoms. The third-order valence-electron chi connectivity index (χ3n) is 4.11. The first-order valence-corrected chi connectivity index (χ1v) is 11.0. The van der Waals surface area contributed by atoms with E-state index in [1.165, 1.54) is 0 Å². The van der Waals surface area contributed by atoms with Crippen LogP contribution in [0.5, 0.6) is 0 Å². The van der Waals surface area contributed by atoms with Crippen LogP contribution in [0.2, 0.25) is 15.1 Å². The average molecular weight is 408 g/mol. The molecule has 0 spiro atoms. The summed E-state index contributed by atoms with van der Waals surface area (Å²) in [6.07, 6.45) is 0. The van der Waals surface area contributed by atoms with Gasteiger partial charge in [0.05, 0.1) is 0 Å². The van der Waals surface area contributed by atoms with Crippen LogP contribution in [0.3, 0.4) is 0 Å². The minimum Gasteiger partial charge on any atom is -0.405 e. The Balaban J connectivity index is 2.28. The molecule has 0 aliphatic carbocycles. The van der Waals surface area contributed by atoms with Crippen molar-refractivity contribution < 1.29 is 4.43 Å². The summed E-state index contributed by atoms with van der Waals surface area (Å²) in [6.45, 7) is 2.61. The predicted octanol–water partition coefficient (Wildman–Crippen LogP) is 4.65. The molecule has 128 valence electrons. The molecule has 0 unspecified atom stereocenters. The topological polar surface area (TPSA) is 9.23 Å². The Kier molecular flexibility index (Phi) is 5.88. The lowest BCUT2D eigenvalue weighted by molar-refractivity contribution is 0.347. The molecule has 3 aromatic carbocycles. The largest absolute Gasteiger partial charge is 0.405 e. The van der Waals surface area contributed by atoms with Crippen LogP contribution in [0.1, 0.15) is 6.92 Å². The lowest BCUT2D eigenvalue weighted by atomic mass is 10.3. The van der Waals surface area contributed by atoms with E-state index in [1.807, 2.05) is 79.7 Å². The fourth-order valence-electron chi connectivity index (χ4n) is 3.02. The number of hydrogen-bond donors (Lipinski definition) is 0. The molecular weight excluding hydrogens is 391 g/mol. The lowest BCUT2D eigenvalue weighted by Gasteiger charge is -2.32. The highest BCUT2D eigenvalue weighted by Gasteiger charge is 2.41. The van der Waals surface area contributed by atoms with Crippen molar-refractivity contribution in [3.63, 3.8) is 0 Å². The second kappa shape index (κ2) is 7.94. The molecule has 0 radical (unpaired) electrons. The normalized spacial score (nSPS) is 11.5. The first-order chi connectivity index (χ1) is 12.1. The summed E-state index contributed by atoms with van der Waals surface area (Å²) < 4.78 is 6.52. The van der Waals surface area contributed by atoms with E-state index < -0.39 is 8.32 Å². The van der Waals surface area contributed by atoms with E-state index >= 15 is 0 Å². The molecule has 0 aliphatic rings. The Hall–Kier alpha value is -1.29. The Morgan fingerprint density at radius 2 is 0.880 bits per heavy atom. The second-order valence-electron chi connectivity index (χ2n) is 5.63. The van der Waals surface area contributed by atoms with E-state index in [0.29, 0.717) is 21.7 Å². The predicted molar refractivity (Wildman–Crippen MR) is 111 cm³/mol. The first kappa shape index (κ1) is 18.5. The zero-order valence-electron chi connectivity index (χ0n) is 13.7. The van der Waals surface area contributed by atoms with Crippen molar-refractivity contribution in [1.29, 1.82) is 0 Å². The van der Waals surface area contributed by atoms with Crippen molar-refractivity contribution >= 4 is 58.7 Å². The molecule has 5 heteroatoms. The Bertz CT molecular complexity index is 719. The summed E-state index contributed by atoms with van der Waals surface area (Å²) in [5.41, 5.74) is 0. The van der Waals surface area contributed by atoms with Crippen molar-refractivity contribution in [1.82, 2.24) is 0 Å². The smallest absolute Gasteiger partial charge is 0.288 e. The Morgan fingerprint density at radius 1 is 0.600 bits per heavy atom. The number of halogens is 3. The van der Waals surface area contributed by atoms with Gasteiger partial charge in [-0.05, 0) is 58.9 Å². The third-order valence-corrected chi connectivity index (χ3v) is 9.03. The van der Waals surface area contributed by atoms with Gasteiger partial charge in [0, 0.05) is 21.7 Å². The van der Waals surface area contributed by atoms with Crippen LogP contribution in [0, 0.1) is 0 Å². The van der Waals surface area contributed by atoms with Crippen molar-refractivity contribution in [2.75, 3.05) is 6.61 Å². The fraction of sp³-hybridized carbons (Fsp3) is 0.100. The van der Waals surface area contributed by atoms with Crippen LogP contribution < -0.4 is 15.6 Å². The molecule has 0 saturated heterocycles. The quantitative estimate of drug-likeness (QED) is 0.442. The van der Waals surface area contributed by atoms with Crippen molar-refractivity contribution in [3.05, 3.63) is 87.9 Å². The summed E-state index contributed by atoms with van der Waals surface area (Å²) in [7, 11) is -2.67. The summed E-state index contributed by atoms with van der Waals surface area (Å²) in [5, 5.41) is 5.50. The molecule has 0 amide bonds. The van der Waals surface area contributed by atoms with Crippen molar-refractivity contribution in [2.45, 2.75) is 6.92 Å². The van der Waals surface area contributed by atoms with Crippen LogP contribution >= 0.6 is 34.8 Å². The molecule has 25 heavy (non-hydrogen) atoms. The number of benzene rings is 3. The standard InChI is InChI=1S/C20H17Cl3OSi/c1-2-24-25(18-9-3-15(21)4-10-18,19-11-5-16(22)6-12-19)20-13-7-17(23)8-14-20/h3-14H,2H2,1H3. The van der Waals surface area contributed by atoms with Gasteiger partial charge < -0.3 is 4.43 Å². The summed E-state index contributed by atoms with van der Waals surface area (Å²) >= 11 is 18.3. The zero-order valence-corrected chi connectivity index (χ0v) is 16.9. The van der Waals surface area contributed by atoms with E-state index in [-0.39, 0.29) is 0 Å². The Morgan fingerprint density at radius 3 is 1.12 bits per heavy atom.